The molecule has 0 spiro atoms. The van der Waals surface area contributed by atoms with Gasteiger partial charge < -0.3 is 0 Å². The topological polar surface area (TPSA) is 52.7 Å². The summed E-state index contributed by atoms with van der Waals surface area (Å²) in [6.45, 7) is 2.06. The molecule has 6 rings (SSSR count). The van der Waals surface area contributed by atoms with E-state index in [2.05, 4.69) is 63.0 Å². The molecule has 0 radical (unpaired) electrons. The minimum atomic E-state index is -0.136. The Bertz CT molecular complexity index is 1800. The van der Waals surface area contributed by atoms with Gasteiger partial charge in [-0.3, -0.25) is 9.36 Å². The maximum absolute atomic E-state index is 13.9. The van der Waals surface area contributed by atoms with E-state index in [-0.39, 0.29) is 5.56 Å². The molecule has 0 amide bonds. The van der Waals surface area contributed by atoms with Crippen molar-refractivity contribution in [3.05, 3.63) is 128 Å². The SMILES string of the molecule is Cc1ccc(-c2cc(-c3nc4ccccc4c(=O)n3-c3ccc(Br)cc3)n(-c3ccc(Br)cc3)n2)cc1. The van der Waals surface area contributed by atoms with Gasteiger partial charge in [0.25, 0.3) is 5.56 Å². The molecule has 0 aliphatic heterocycles. The summed E-state index contributed by atoms with van der Waals surface area (Å²) in [6.07, 6.45) is 0. The Labute approximate surface area is 230 Å². The van der Waals surface area contributed by atoms with E-state index in [1.807, 2.05) is 83.5 Å². The Morgan fingerprint density at radius 3 is 2.03 bits per heavy atom. The van der Waals surface area contributed by atoms with Crippen molar-refractivity contribution in [1.29, 1.82) is 0 Å². The third-order valence-electron chi connectivity index (χ3n) is 6.22. The van der Waals surface area contributed by atoms with Gasteiger partial charge in [0.1, 0.15) is 5.69 Å². The van der Waals surface area contributed by atoms with Gasteiger partial charge in [-0.2, -0.15) is 5.10 Å². The average molecular weight is 612 g/mol. The summed E-state index contributed by atoms with van der Waals surface area (Å²) in [6, 6.07) is 33.3. The summed E-state index contributed by atoms with van der Waals surface area (Å²) in [4.78, 5) is 18.9. The van der Waals surface area contributed by atoms with E-state index < -0.39 is 0 Å². The highest BCUT2D eigenvalue weighted by molar-refractivity contribution is 9.10. The van der Waals surface area contributed by atoms with Crippen LogP contribution >= 0.6 is 31.9 Å². The van der Waals surface area contributed by atoms with Crippen LogP contribution in [0.3, 0.4) is 0 Å². The Balaban J connectivity index is 1.68. The van der Waals surface area contributed by atoms with Gasteiger partial charge in [0.05, 0.1) is 28.0 Å². The number of nitrogens with zero attached hydrogens (tertiary/aromatic N) is 4. The van der Waals surface area contributed by atoms with Crippen molar-refractivity contribution in [2.24, 2.45) is 0 Å². The average Bonchev–Trinajstić information content (AvgIpc) is 3.35. The predicted molar refractivity (Wildman–Crippen MR) is 155 cm³/mol. The van der Waals surface area contributed by atoms with Gasteiger partial charge in [0.15, 0.2) is 5.82 Å². The number of benzene rings is 4. The van der Waals surface area contributed by atoms with Crippen LogP contribution in [-0.2, 0) is 0 Å². The number of aryl methyl sites for hydroxylation is 1. The fourth-order valence-electron chi connectivity index (χ4n) is 4.32. The van der Waals surface area contributed by atoms with Crippen LogP contribution < -0.4 is 5.56 Å². The van der Waals surface area contributed by atoms with E-state index in [1.54, 1.807) is 4.57 Å². The van der Waals surface area contributed by atoms with Crippen molar-refractivity contribution < 1.29 is 0 Å². The second kappa shape index (κ2) is 9.57. The molecule has 37 heavy (non-hydrogen) atoms. The number of rotatable bonds is 4. The lowest BCUT2D eigenvalue weighted by atomic mass is 10.1. The van der Waals surface area contributed by atoms with Crippen LogP contribution in [0.25, 0.3) is 45.1 Å². The molecule has 0 N–H and O–H groups in total. The lowest BCUT2D eigenvalue weighted by molar-refractivity contribution is 0.865. The number of fused-ring (bicyclic) bond motifs is 1. The van der Waals surface area contributed by atoms with Gasteiger partial charge in [0.2, 0.25) is 0 Å². The second-order valence-electron chi connectivity index (χ2n) is 8.74. The van der Waals surface area contributed by atoms with Crippen LogP contribution in [0.2, 0.25) is 0 Å². The summed E-state index contributed by atoms with van der Waals surface area (Å²) >= 11 is 7.02. The van der Waals surface area contributed by atoms with E-state index in [0.717, 1.165) is 31.6 Å². The van der Waals surface area contributed by atoms with Crippen LogP contribution in [-0.4, -0.2) is 19.3 Å². The fourth-order valence-corrected chi connectivity index (χ4v) is 4.85. The molecular formula is C30H20Br2N4O. The molecule has 0 saturated heterocycles. The van der Waals surface area contributed by atoms with Gasteiger partial charge in [-0.25, -0.2) is 9.67 Å². The normalized spacial score (nSPS) is 11.2. The highest BCUT2D eigenvalue weighted by atomic mass is 79.9. The Morgan fingerprint density at radius 2 is 1.35 bits per heavy atom. The number of aromatic nitrogens is 4. The van der Waals surface area contributed by atoms with E-state index in [4.69, 9.17) is 10.1 Å². The van der Waals surface area contributed by atoms with Crippen LogP contribution in [0.4, 0.5) is 0 Å². The summed E-state index contributed by atoms with van der Waals surface area (Å²) in [5, 5.41) is 5.54. The molecule has 180 valence electrons. The van der Waals surface area contributed by atoms with Crippen LogP contribution in [0, 0.1) is 6.92 Å². The minimum absolute atomic E-state index is 0.136. The predicted octanol–water partition coefficient (Wildman–Crippen LogP) is 7.74. The van der Waals surface area contributed by atoms with Gasteiger partial charge >= 0.3 is 0 Å². The molecule has 0 atom stereocenters. The molecule has 2 aromatic heterocycles. The lowest BCUT2D eigenvalue weighted by Gasteiger charge is -2.15. The summed E-state index contributed by atoms with van der Waals surface area (Å²) in [5.74, 6) is 0.514. The number of hydrogen-bond donors (Lipinski definition) is 0. The molecule has 0 unspecified atom stereocenters. The van der Waals surface area contributed by atoms with Gasteiger partial charge in [-0.15, -0.1) is 0 Å². The third-order valence-corrected chi connectivity index (χ3v) is 7.27. The molecule has 0 fully saturated rings. The van der Waals surface area contributed by atoms with E-state index in [0.29, 0.717) is 22.4 Å². The summed E-state index contributed by atoms with van der Waals surface area (Å²) < 4.78 is 5.42. The monoisotopic (exact) mass is 610 g/mol. The number of hydrogen-bond acceptors (Lipinski definition) is 3. The van der Waals surface area contributed by atoms with Crippen molar-refractivity contribution in [3.63, 3.8) is 0 Å². The smallest absolute Gasteiger partial charge is 0.266 e. The van der Waals surface area contributed by atoms with Gasteiger partial charge in [-0.05, 0) is 73.7 Å². The Morgan fingerprint density at radius 1 is 0.730 bits per heavy atom. The van der Waals surface area contributed by atoms with Crippen molar-refractivity contribution in [3.8, 4) is 34.2 Å². The standard InChI is InChI=1S/C30H20Br2N4O/c1-19-6-8-20(9-7-19)27-18-28(36(34-27)24-16-12-22(32)13-17-24)29-33-26-5-3-2-4-25(26)30(37)35(29)23-14-10-21(31)11-15-23/h2-18H,1H3. The fraction of sp³-hybridized carbons (Fsp3) is 0.0333. The number of para-hydroxylation sites is 1. The molecule has 7 heteroatoms. The van der Waals surface area contributed by atoms with Gasteiger partial charge in [0, 0.05) is 14.5 Å². The third kappa shape index (κ3) is 4.45. The largest absolute Gasteiger partial charge is 0.268 e. The molecule has 0 saturated carbocycles. The second-order valence-corrected chi connectivity index (χ2v) is 10.6. The van der Waals surface area contributed by atoms with Crippen molar-refractivity contribution in [2.75, 3.05) is 0 Å². The molecule has 0 aliphatic carbocycles. The lowest BCUT2D eigenvalue weighted by Crippen LogP contribution is -2.22. The van der Waals surface area contributed by atoms with Crippen molar-refractivity contribution >= 4 is 42.8 Å². The van der Waals surface area contributed by atoms with Crippen LogP contribution in [0.1, 0.15) is 5.56 Å². The Kier molecular flexibility index (Phi) is 6.10. The molecule has 2 heterocycles. The highest BCUT2D eigenvalue weighted by Gasteiger charge is 2.21. The van der Waals surface area contributed by atoms with Crippen molar-refractivity contribution in [2.45, 2.75) is 6.92 Å². The van der Waals surface area contributed by atoms with E-state index >= 15 is 0 Å². The summed E-state index contributed by atoms with van der Waals surface area (Å²) in [5.41, 5.74) is 5.76. The Hall–Kier alpha value is -3.81. The first kappa shape index (κ1) is 23.6. The van der Waals surface area contributed by atoms with Gasteiger partial charge in [-0.1, -0.05) is 73.8 Å². The van der Waals surface area contributed by atoms with Crippen LogP contribution in [0.5, 0.6) is 0 Å². The molecule has 0 bridgehead atoms. The highest BCUT2D eigenvalue weighted by Crippen LogP contribution is 2.30. The minimum Gasteiger partial charge on any atom is -0.268 e. The number of halogens is 2. The zero-order chi connectivity index (χ0) is 25.5. The molecule has 4 aromatic carbocycles. The molecule has 5 nitrogen and oxygen atoms in total. The van der Waals surface area contributed by atoms with Crippen LogP contribution in [0.15, 0.2) is 117 Å². The quantitative estimate of drug-likeness (QED) is 0.205. The first-order valence-electron chi connectivity index (χ1n) is 11.7. The zero-order valence-corrected chi connectivity index (χ0v) is 22.9. The first-order valence-corrected chi connectivity index (χ1v) is 13.3. The van der Waals surface area contributed by atoms with Crippen molar-refractivity contribution in [1.82, 2.24) is 19.3 Å². The van der Waals surface area contributed by atoms with E-state index in [9.17, 15) is 4.79 Å². The zero-order valence-electron chi connectivity index (χ0n) is 19.8. The molecule has 6 aromatic rings. The molecule has 0 aliphatic rings. The maximum Gasteiger partial charge on any atom is 0.266 e. The summed E-state index contributed by atoms with van der Waals surface area (Å²) in [7, 11) is 0. The molecular weight excluding hydrogens is 592 g/mol. The van der Waals surface area contributed by atoms with E-state index in [1.165, 1.54) is 5.56 Å². The first-order chi connectivity index (χ1) is 18.0. The maximum atomic E-state index is 13.9.